The Kier molecular flexibility index (Phi) is 6.56. The SMILES string of the molecule is C[C@@H](NCC(=O)Nc1ccc(C(=O)N(C)C)cc1)c1ccccc1Cl. The summed E-state index contributed by atoms with van der Waals surface area (Å²) in [6, 6.07) is 14.3. The van der Waals surface area contributed by atoms with Crippen LogP contribution in [0.2, 0.25) is 5.02 Å². The molecule has 0 aromatic heterocycles. The molecule has 0 saturated carbocycles. The third-order valence-electron chi connectivity index (χ3n) is 3.76. The summed E-state index contributed by atoms with van der Waals surface area (Å²) in [5, 5.41) is 6.62. The van der Waals surface area contributed by atoms with Crippen molar-refractivity contribution in [3.8, 4) is 0 Å². The van der Waals surface area contributed by atoms with Gasteiger partial charge in [-0.05, 0) is 42.8 Å². The van der Waals surface area contributed by atoms with Gasteiger partial charge in [-0.3, -0.25) is 9.59 Å². The highest BCUT2D eigenvalue weighted by Crippen LogP contribution is 2.21. The first-order valence-corrected chi connectivity index (χ1v) is 8.35. The molecule has 2 amide bonds. The molecule has 5 nitrogen and oxygen atoms in total. The Balaban J connectivity index is 1.88. The molecule has 25 heavy (non-hydrogen) atoms. The number of rotatable bonds is 6. The van der Waals surface area contributed by atoms with E-state index in [-0.39, 0.29) is 24.4 Å². The number of hydrogen-bond acceptors (Lipinski definition) is 3. The Morgan fingerprint density at radius 3 is 2.32 bits per heavy atom. The van der Waals surface area contributed by atoms with Crippen molar-refractivity contribution in [3.63, 3.8) is 0 Å². The van der Waals surface area contributed by atoms with E-state index < -0.39 is 0 Å². The Bertz CT molecular complexity index is 745. The van der Waals surface area contributed by atoms with Gasteiger partial charge in [0.25, 0.3) is 5.91 Å². The fourth-order valence-electron chi connectivity index (χ4n) is 2.34. The predicted octanol–water partition coefficient (Wildman–Crippen LogP) is 3.33. The number of hydrogen-bond donors (Lipinski definition) is 2. The van der Waals surface area contributed by atoms with E-state index in [1.165, 1.54) is 4.90 Å². The average molecular weight is 360 g/mol. The zero-order valence-corrected chi connectivity index (χ0v) is 15.3. The summed E-state index contributed by atoms with van der Waals surface area (Å²) in [7, 11) is 3.40. The lowest BCUT2D eigenvalue weighted by Crippen LogP contribution is -2.30. The maximum absolute atomic E-state index is 12.1. The fourth-order valence-corrected chi connectivity index (χ4v) is 2.64. The van der Waals surface area contributed by atoms with Crippen LogP contribution in [-0.2, 0) is 4.79 Å². The number of anilines is 1. The average Bonchev–Trinajstić information content (AvgIpc) is 2.60. The molecular weight excluding hydrogens is 338 g/mol. The lowest BCUT2D eigenvalue weighted by Gasteiger charge is -2.15. The van der Waals surface area contributed by atoms with Gasteiger partial charge in [0, 0.05) is 36.4 Å². The van der Waals surface area contributed by atoms with Gasteiger partial charge >= 0.3 is 0 Å². The molecule has 0 unspecified atom stereocenters. The third kappa shape index (κ3) is 5.31. The van der Waals surface area contributed by atoms with Crippen LogP contribution in [0.25, 0.3) is 0 Å². The first kappa shape index (κ1) is 19.0. The molecular formula is C19H22ClN3O2. The molecule has 0 heterocycles. The topological polar surface area (TPSA) is 61.4 Å². The van der Waals surface area contributed by atoms with Crippen molar-refractivity contribution in [1.82, 2.24) is 10.2 Å². The minimum absolute atomic E-state index is 0.0421. The van der Waals surface area contributed by atoms with E-state index in [1.54, 1.807) is 38.4 Å². The van der Waals surface area contributed by atoms with Gasteiger partial charge in [-0.15, -0.1) is 0 Å². The summed E-state index contributed by atoms with van der Waals surface area (Å²) in [6.07, 6.45) is 0. The molecule has 0 aliphatic rings. The van der Waals surface area contributed by atoms with Crippen molar-refractivity contribution >= 4 is 29.1 Å². The number of halogens is 1. The van der Waals surface area contributed by atoms with Crippen molar-refractivity contribution < 1.29 is 9.59 Å². The van der Waals surface area contributed by atoms with Crippen molar-refractivity contribution in [3.05, 3.63) is 64.7 Å². The van der Waals surface area contributed by atoms with Crippen LogP contribution in [-0.4, -0.2) is 37.4 Å². The predicted molar refractivity (Wildman–Crippen MR) is 101 cm³/mol. The van der Waals surface area contributed by atoms with E-state index in [4.69, 9.17) is 11.6 Å². The lowest BCUT2D eigenvalue weighted by atomic mass is 10.1. The highest BCUT2D eigenvalue weighted by Gasteiger charge is 2.11. The molecule has 2 N–H and O–H groups in total. The minimum Gasteiger partial charge on any atom is -0.345 e. The number of carbonyl (C=O) groups excluding carboxylic acids is 2. The van der Waals surface area contributed by atoms with Gasteiger partial charge < -0.3 is 15.5 Å². The summed E-state index contributed by atoms with van der Waals surface area (Å²) in [6.45, 7) is 2.11. The molecule has 1 atom stereocenters. The third-order valence-corrected chi connectivity index (χ3v) is 4.11. The summed E-state index contributed by atoms with van der Waals surface area (Å²) in [4.78, 5) is 25.4. The second-order valence-electron chi connectivity index (χ2n) is 5.95. The second-order valence-corrected chi connectivity index (χ2v) is 6.36. The fraction of sp³-hybridized carbons (Fsp3) is 0.263. The van der Waals surface area contributed by atoms with Crippen molar-refractivity contribution in [2.75, 3.05) is 26.0 Å². The quantitative estimate of drug-likeness (QED) is 0.831. The first-order valence-electron chi connectivity index (χ1n) is 7.98. The molecule has 132 valence electrons. The molecule has 0 radical (unpaired) electrons. The lowest BCUT2D eigenvalue weighted by molar-refractivity contribution is -0.115. The summed E-state index contributed by atoms with van der Waals surface area (Å²) in [5.74, 6) is -0.237. The Labute approximate surface area is 153 Å². The van der Waals surface area contributed by atoms with Gasteiger partial charge in [0.2, 0.25) is 5.91 Å². The van der Waals surface area contributed by atoms with Crippen LogP contribution < -0.4 is 10.6 Å². The minimum atomic E-state index is -0.161. The van der Waals surface area contributed by atoms with Crippen molar-refractivity contribution in [2.45, 2.75) is 13.0 Å². The summed E-state index contributed by atoms with van der Waals surface area (Å²) >= 11 is 6.16. The van der Waals surface area contributed by atoms with Crippen molar-refractivity contribution in [2.24, 2.45) is 0 Å². The molecule has 0 fully saturated rings. The smallest absolute Gasteiger partial charge is 0.253 e. The summed E-state index contributed by atoms with van der Waals surface area (Å²) in [5.41, 5.74) is 2.17. The molecule has 2 rings (SSSR count). The zero-order valence-electron chi connectivity index (χ0n) is 14.5. The molecule has 0 aliphatic heterocycles. The van der Waals surface area contributed by atoms with Gasteiger partial charge in [-0.2, -0.15) is 0 Å². The monoisotopic (exact) mass is 359 g/mol. The van der Waals surface area contributed by atoms with Crippen LogP contribution in [0.5, 0.6) is 0 Å². The molecule has 0 saturated heterocycles. The number of nitrogens with one attached hydrogen (secondary N) is 2. The van der Waals surface area contributed by atoms with Crippen LogP contribution in [0.15, 0.2) is 48.5 Å². The molecule has 2 aromatic rings. The number of amides is 2. The Hall–Kier alpha value is -2.37. The second kappa shape index (κ2) is 8.65. The summed E-state index contributed by atoms with van der Waals surface area (Å²) < 4.78 is 0. The van der Waals surface area contributed by atoms with E-state index in [0.717, 1.165) is 5.56 Å². The largest absolute Gasteiger partial charge is 0.345 e. The first-order chi connectivity index (χ1) is 11.9. The maximum Gasteiger partial charge on any atom is 0.253 e. The number of nitrogens with zero attached hydrogens (tertiary/aromatic N) is 1. The highest BCUT2D eigenvalue weighted by molar-refractivity contribution is 6.31. The molecule has 0 bridgehead atoms. The molecule has 0 spiro atoms. The maximum atomic E-state index is 12.1. The van der Waals surface area contributed by atoms with Crippen molar-refractivity contribution in [1.29, 1.82) is 0 Å². The van der Waals surface area contributed by atoms with Gasteiger partial charge in [0.15, 0.2) is 0 Å². The van der Waals surface area contributed by atoms with E-state index in [2.05, 4.69) is 10.6 Å². The Morgan fingerprint density at radius 1 is 1.08 bits per heavy atom. The van der Waals surface area contributed by atoms with Crippen LogP contribution >= 0.6 is 11.6 Å². The van der Waals surface area contributed by atoms with Crippen LogP contribution in [0.1, 0.15) is 28.9 Å². The highest BCUT2D eigenvalue weighted by atomic mass is 35.5. The van der Waals surface area contributed by atoms with Crippen LogP contribution in [0.4, 0.5) is 5.69 Å². The van der Waals surface area contributed by atoms with Gasteiger partial charge in [0.1, 0.15) is 0 Å². The van der Waals surface area contributed by atoms with Gasteiger partial charge in [0.05, 0.1) is 6.54 Å². The number of carbonyl (C=O) groups is 2. The van der Waals surface area contributed by atoms with E-state index in [0.29, 0.717) is 16.3 Å². The number of benzene rings is 2. The molecule has 0 aliphatic carbocycles. The van der Waals surface area contributed by atoms with Gasteiger partial charge in [-0.1, -0.05) is 29.8 Å². The normalized spacial score (nSPS) is 11.7. The van der Waals surface area contributed by atoms with Crippen LogP contribution in [0.3, 0.4) is 0 Å². The van der Waals surface area contributed by atoms with Gasteiger partial charge in [-0.25, -0.2) is 0 Å². The zero-order chi connectivity index (χ0) is 18.4. The molecule has 2 aromatic carbocycles. The van der Waals surface area contributed by atoms with E-state index in [9.17, 15) is 9.59 Å². The molecule has 6 heteroatoms. The standard InChI is InChI=1S/C19H22ClN3O2/c1-13(16-6-4-5-7-17(16)20)21-12-18(24)22-15-10-8-14(9-11-15)19(25)23(2)3/h4-11,13,21H,12H2,1-3H3,(H,22,24)/t13-/m1/s1. The Morgan fingerprint density at radius 2 is 1.72 bits per heavy atom. The van der Waals surface area contributed by atoms with Crippen LogP contribution in [0, 0.1) is 0 Å². The van der Waals surface area contributed by atoms with E-state index in [1.807, 2.05) is 31.2 Å². The van der Waals surface area contributed by atoms with E-state index >= 15 is 0 Å².